The van der Waals surface area contributed by atoms with Crippen molar-refractivity contribution in [3.8, 4) is 22.6 Å². The van der Waals surface area contributed by atoms with Gasteiger partial charge in [0.15, 0.2) is 0 Å². The van der Waals surface area contributed by atoms with Gasteiger partial charge in [-0.2, -0.15) is 0 Å². The molecule has 0 spiro atoms. The van der Waals surface area contributed by atoms with Crippen LogP contribution < -0.4 is 10.2 Å². The molecule has 4 N–H and O–H groups in total. The first-order valence-corrected chi connectivity index (χ1v) is 12.1. The molecule has 4 aromatic carbocycles. The van der Waals surface area contributed by atoms with Crippen LogP contribution in [0.3, 0.4) is 0 Å². The van der Waals surface area contributed by atoms with Crippen molar-refractivity contribution in [2.45, 2.75) is 31.0 Å². The second-order valence-electron chi connectivity index (χ2n) is 9.17. The number of phenolic OH excluding ortho intramolecular Hbond substituents is 2. The molecule has 0 radical (unpaired) electrons. The molecule has 3 atom stereocenters. The highest BCUT2D eigenvalue weighted by molar-refractivity contribution is 5.96. The Morgan fingerprint density at radius 3 is 2.22 bits per heavy atom. The number of amides is 2. The topological polar surface area (TPSA) is 93.0 Å². The third kappa shape index (κ3) is 5.13. The summed E-state index contributed by atoms with van der Waals surface area (Å²) in [6.07, 6.45) is -0.133. The zero-order valence-electron chi connectivity index (χ0n) is 20.0. The molecule has 4 aromatic rings. The minimum Gasteiger partial charge on any atom is -0.508 e. The predicted molar refractivity (Wildman–Crippen MR) is 140 cm³/mol. The number of hydrogen-bond donors (Lipinski definition) is 4. The SMILES string of the molecule is O=C1N[C@H](CCC(O)c2ccc(F)cc2)[C@@H](c2ccc(O)cc2O)N1c1ccc(-c2ccccc2)cc1. The van der Waals surface area contributed by atoms with Gasteiger partial charge >= 0.3 is 6.03 Å². The highest BCUT2D eigenvalue weighted by Crippen LogP contribution is 2.41. The minimum absolute atomic E-state index is 0.0828. The number of carbonyl (C=O) groups excluding carboxylic acids is 1. The molecule has 0 saturated carbocycles. The second-order valence-corrected chi connectivity index (χ2v) is 9.17. The van der Waals surface area contributed by atoms with Crippen LogP contribution in [0.2, 0.25) is 0 Å². The van der Waals surface area contributed by atoms with Crippen molar-refractivity contribution in [1.82, 2.24) is 5.32 Å². The molecule has 5 rings (SSSR count). The molecule has 1 unspecified atom stereocenters. The number of nitrogens with zero attached hydrogens (tertiary/aromatic N) is 1. The summed E-state index contributed by atoms with van der Waals surface area (Å²) in [5.41, 5.74) is 3.77. The van der Waals surface area contributed by atoms with Crippen LogP contribution in [0.1, 0.15) is 36.1 Å². The lowest BCUT2D eigenvalue weighted by Crippen LogP contribution is -2.29. The van der Waals surface area contributed by atoms with Crippen molar-refractivity contribution >= 4 is 11.7 Å². The summed E-state index contributed by atoms with van der Waals surface area (Å²) >= 11 is 0. The van der Waals surface area contributed by atoms with Gasteiger partial charge in [-0.25, -0.2) is 9.18 Å². The van der Waals surface area contributed by atoms with E-state index in [1.165, 1.54) is 36.4 Å². The van der Waals surface area contributed by atoms with E-state index in [1.807, 2.05) is 54.6 Å². The molecule has 1 fully saturated rings. The Morgan fingerprint density at radius 1 is 0.865 bits per heavy atom. The van der Waals surface area contributed by atoms with Crippen molar-refractivity contribution in [2.75, 3.05) is 4.90 Å². The first-order valence-electron chi connectivity index (χ1n) is 12.1. The molecule has 1 aliphatic rings. The Bertz CT molecular complexity index is 1380. The molecule has 2 amide bonds. The summed E-state index contributed by atoms with van der Waals surface area (Å²) in [6, 6.07) is 26.2. The Hall–Kier alpha value is -4.36. The van der Waals surface area contributed by atoms with Crippen molar-refractivity contribution in [1.29, 1.82) is 0 Å². The minimum atomic E-state index is -0.842. The van der Waals surface area contributed by atoms with Gasteiger partial charge in [0.2, 0.25) is 0 Å². The Morgan fingerprint density at radius 2 is 1.54 bits per heavy atom. The molecule has 7 heteroatoms. The molecule has 1 aliphatic heterocycles. The Kier molecular flexibility index (Phi) is 6.79. The normalized spacial score (nSPS) is 18.0. The monoisotopic (exact) mass is 498 g/mol. The number of aliphatic hydroxyl groups is 1. The maximum atomic E-state index is 13.3. The van der Waals surface area contributed by atoms with Gasteiger partial charge in [-0.05, 0) is 65.9 Å². The molecular formula is C30H27FN2O4. The molecule has 188 valence electrons. The molecule has 1 heterocycles. The smallest absolute Gasteiger partial charge is 0.322 e. The summed E-state index contributed by atoms with van der Waals surface area (Å²) in [4.78, 5) is 14.8. The van der Waals surface area contributed by atoms with Gasteiger partial charge in [0, 0.05) is 17.3 Å². The molecule has 0 bridgehead atoms. The number of halogens is 1. The summed E-state index contributed by atoms with van der Waals surface area (Å²) in [5.74, 6) is -0.590. The van der Waals surface area contributed by atoms with E-state index < -0.39 is 18.2 Å². The van der Waals surface area contributed by atoms with Crippen LogP contribution in [0, 0.1) is 5.82 Å². The average Bonchev–Trinajstić information content (AvgIpc) is 3.23. The van der Waals surface area contributed by atoms with Crippen molar-refractivity contribution < 1.29 is 24.5 Å². The zero-order valence-corrected chi connectivity index (χ0v) is 20.0. The van der Waals surface area contributed by atoms with Crippen molar-refractivity contribution in [3.05, 3.63) is 114 Å². The van der Waals surface area contributed by atoms with Crippen LogP contribution >= 0.6 is 0 Å². The van der Waals surface area contributed by atoms with Crippen molar-refractivity contribution in [2.24, 2.45) is 0 Å². The van der Waals surface area contributed by atoms with E-state index in [9.17, 15) is 24.5 Å². The Labute approximate surface area is 214 Å². The standard InChI is InChI=1S/C30H27FN2O4/c31-22-10-6-21(7-11-22)27(35)17-16-26-29(25-15-14-24(34)18-28(25)36)33(30(37)32-26)23-12-8-20(9-13-23)19-4-2-1-3-5-19/h1-15,18,26-27,29,34-36H,16-17H2,(H,32,37)/t26-,27?,29-/m1/s1. The summed E-state index contributed by atoms with van der Waals surface area (Å²) < 4.78 is 13.3. The number of hydrogen-bond acceptors (Lipinski definition) is 4. The van der Waals surface area contributed by atoms with E-state index in [2.05, 4.69) is 5.32 Å². The van der Waals surface area contributed by atoms with Gasteiger partial charge in [0.25, 0.3) is 0 Å². The fourth-order valence-electron chi connectivity index (χ4n) is 4.89. The number of rotatable bonds is 7. The lowest BCUT2D eigenvalue weighted by atomic mass is 9.92. The van der Waals surface area contributed by atoms with Crippen LogP contribution in [0.15, 0.2) is 97.1 Å². The van der Waals surface area contributed by atoms with Crippen LogP contribution in [0.25, 0.3) is 11.1 Å². The van der Waals surface area contributed by atoms with Gasteiger partial charge in [-0.1, -0.05) is 54.6 Å². The van der Waals surface area contributed by atoms with E-state index >= 15 is 0 Å². The predicted octanol–water partition coefficient (Wildman–Crippen LogP) is 6.06. The fourth-order valence-corrected chi connectivity index (χ4v) is 4.89. The maximum absolute atomic E-state index is 13.3. The molecule has 1 saturated heterocycles. The third-order valence-corrected chi connectivity index (χ3v) is 6.78. The van der Waals surface area contributed by atoms with Gasteiger partial charge in [0.1, 0.15) is 17.3 Å². The van der Waals surface area contributed by atoms with E-state index in [1.54, 1.807) is 11.0 Å². The second kappa shape index (κ2) is 10.3. The number of aromatic hydroxyl groups is 2. The van der Waals surface area contributed by atoms with Crippen LogP contribution in [-0.4, -0.2) is 27.4 Å². The van der Waals surface area contributed by atoms with Gasteiger partial charge < -0.3 is 20.6 Å². The Balaban J connectivity index is 1.44. The molecule has 0 aromatic heterocycles. The first kappa shape index (κ1) is 24.3. The van der Waals surface area contributed by atoms with Crippen LogP contribution in [0.5, 0.6) is 11.5 Å². The summed E-state index contributed by atoms with van der Waals surface area (Å²) in [5, 5.41) is 34.2. The maximum Gasteiger partial charge on any atom is 0.322 e. The van der Waals surface area contributed by atoms with Crippen molar-refractivity contribution in [3.63, 3.8) is 0 Å². The van der Waals surface area contributed by atoms with Crippen LogP contribution in [0.4, 0.5) is 14.9 Å². The quantitative estimate of drug-likeness (QED) is 0.249. The highest BCUT2D eigenvalue weighted by atomic mass is 19.1. The number of benzene rings is 4. The molecule has 6 nitrogen and oxygen atoms in total. The number of carbonyl (C=O) groups is 1. The first-order chi connectivity index (χ1) is 17.9. The van der Waals surface area contributed by atoms with E-state index in [-0.39, 0.29) is 23.3 Å². The van der Waals surface area contributed by atoms with Gasteiger partial charge in [-0.3, -0.25) is 4.90 Å². The van der Waals surface area contributed by atoms with E-state index in [4.69, 9.17) is 0 Å². The summed E-state index contributed by atoms with van der Waals surface area (Å²) in [6.45, 7) is 0. The lowest BCUT2D eigenvalue weighted by Gasteiger charge is -2.28. The fraction of sp³-hybridized carbons (Fsp3) is 0.167. The number of aliphatic hydroxyl groups excluding tert-OH is 1. The largest absolute Gasteiger partial charge is 0.508 e. The van der Waals surface area contributed by atoms with E-state index in [0.29, 0.717) is 29.7 Å². The molecule has 0 aliphatic carbocycles. The third-order valence-electron chi connectivity index (χ3n) is 6.78. The van der Waals surface area contributed by atoms with Gasteiger partial charge in [0.05, 0.1) is 18.2 Å². The molecular weight excluding hydrogens is 471 g/mol. The number of anilines is 1. The van der Waals surface area contributed by atoms with E-state index in [0.717, 1.165) is 11.1 Å². The summed E-state index contributed by atoms with van der Waals surface area (Å²) in [7, 11) is 0. The number of phenols is 2. The van der Waals surface area contributed by atoms with Crippen LogP contribution in [-0.2, 0) is 0 Å². The number of nitrogens with one attached hydrogen (secondary N) is 1. The molecule has 37 heavy (non-hydrogen) atoms. The average molecular weight is 499 g/mol. The highest BCUT2D eigenvalue weighted by Gasteiger charge is 2.42. The zero-order chi connectivity index (χ0) is 25.9. The van der Waals surface area contributed by atoms with Gasteiger partial charge in [-0.15, -0.1) is 0 Å². The number of urea groups is 1. The lowest BCUT2D eigenvalue weighted by molar-refractivity contribution is 0.159.